The minimum absolute atomic E-state index is 0.209. The number of fused-ring (bicyclic) bond motifs is 1. The Morgan fingerprint density at radius 2 is 1.78 bits per heavy atom. The van der Waals surface area contributed by atoms with Gasteiger partial charge in [-0.15, -0.1) is 0 Å². The quantitative estimate of drug-likeness (QED) is 0.138. The zero-order chi connectivity index (χ0) is 27.0. The first-order valence-corrected chi connectivity index (χ1v) is 11.2. The number of para-hydroxylation sites is 1. The Balaban J connectivity index is 2.50. The Labute approximate surface area is 206 Å². The molecule has 0 spiro atoms. The molecule has 0 radical (unpaired) electrons. The monoisotopic (exact) mass is 508 g/mol. The van der Waals surface area contributed by atoms with Crippen LogP contribution in [0.4, 0.5) is 4.79 Å². The molecule has 6 atom stereocenters. The van der Waals surface area contributed by atoms with E-state index in [1.54, 1.807) is 31.2 Å². The zero-order valence-electron chi connectivity index (χ0n) is 19.9. The molecule has 0 bridgehead atoms. The highest BCUT2D eigenvalue weighted by atomic mass is 16.6. The Kier molecular flexibility index (Phi) is 10.5. The number of benzene rings is 1. The van der Waals surface area contributed by atoms with Crippen LogP contribution in [0.25, 0.3) is 10.9 Å². The highest BCUT2D eigenvalue weighted by Gasteiger charge is 2.41. The van der Waals surface area contributed by atoms with E-state index >= 15 is 0 Å². The Morgan fingerprint density at radius 3 is 2.33 bits per heavy atom. The molecular weight excluding hydrogens is 476 g/mol. The predicted octanol–water partition coefficient (Wildman–Crippen LogP) is -1.83. The molecule has 13 nitrogen and oxygen atoms in total. The second-order valence-electron chi connectivity index (χ2n) is 8.37. The van der Waals surface area contributed by atoms with E-state index in [4.69, 9.17) is 26.0 Å². The molecule has 198 valence electrons. The van der Waals surface area contributed by atoms with Crippen LogP contribution in [0, 0.1) is 0 Å². The molecule has 2 rings (SSSR count). The summed E-state index contributed by atoms with van der Waals surface area (Å²) in [6, 6.07) is 3.60. The number of nitrogens with zero attached hydrogens (tertiary/aromatic N) is 1. The summed E-state index contributed by atoms with van der Waals surface area (Å²) in [5.41, 5.74) is 12.6. The molecule has 1 amide bonds. The van der Waals surface area contributed by atoms with Crippen molar-refractivity contribution in [1.29, 1.82) is 0 Å². The molecule has 0 saturated heterocycles. The molecule has 0 aliphatic heterocycles. The summed E-state index contributed by atoms with van der Waals surface area (Å²) >= 11 is 0. The van der Waals surface area contributed by atoms with Crippen LogP contribution in [0.2, 0.25) is 0 Å². The summed E-state index contributed by atoms with van der Waals surface area (Å²) in [6.45, 7) is 1.13. The smallest absolute Gasteiger partial charge is 0.418 e. The predicted molar refractivity (Wildman–Crippen MR) is 127 cm³/mol. The van der Waals surface area contributed by atoms with Crippen LogP contribution in [-0.4, -0.2) is 93.8 Å². The molecule has 8 N–H and O–H groups in total. The average Bonchev–Trinajstić information content (AvgIpc) is 3.21. The maximum absolute atomic E-state index is 13.2. The van der Waals surface area contributed by atoms with E-state index in [1.165, 1.54) is 6.20 Å². The van der Waals surface area contributed by atoms with Crippen molar-refractivity contribution in [3.8, 4) is 0 Å². The third kappa shape index (κ3) is 7.08. The Morgan fingerprint density at radius 1 is 1.11 bits per heavy atom. The lowest BCUT2D eigenvalue weighted by Crippen LogP contribution is -2.57. The summed E-state index contributed by atoms with van der Waals surface area (Å²) in [5, 5.41) is 32.2. The molecule has 1 aromatic heterocycles. The van der Waals surface area contributed by atoms with Crippen LogP contribution < -0.4 is 16.8 Å². The number of rotatable bonds is 12. The number of aldehydes is 1. The van der Waals surface area contributed by atoms with Gasteiger partial charge in [0.2, 0.25) is 5.91 Å². The van der Waals surface area contributed by atoms with Gasteiger partial charge in [0.05, 0.1) is 18.7 Å². The van der Waals surface area contributed by atoms with Crippen LogP contribution in [0.1, 0.15) is 19.4 Å². The van der Waals surface area contributed by atoms with Crippen molar-refractivity contribution in [3.05, 3.63) is 36.0 Å². The number of aliphatic hydroxyl groups is 3. The molecule has 13 heteroatoms. The molecule has 0 aliphatic rings. The van der Waals surface area contributed by atoms with Gasteiger partial charge < -0.3 is 46.4 Å². The number of nitrogens with one attached hydrogen (secondary N) is 1. The van der Waals surface area contributed by atoms with Gasteiger partial charge in [0.15, 0.2) is 12.2 Å². The number of nitrogens with two attached hydrogens (primary N) is 2. The first-order valence-electron chi connectivity index (χ1n) is 11.2. The summed E-state index contributed by atoms with van der Waals surface area (Å²) < 4.78 is 11.8. The van der Waals surface area contributed by atoms with E-state index in [-0.39, 0.29) is 12.3 Å². The number of aromatic nitrogens is 1. The highest BCUT2D eigenvalue weighted by Crippen LogP contribution is 2.24. The number of ether oxygens (including phenoxy) is 2. The molecular formula is C23H32N4O9. The van der Waals surface area contributed by atoms with E-state index in [2.05, 4.69) is 5.32 Å². The van der Waals surface area contributed by atoms with Gasteiger partial charge in [-0.1, -0.05) is 18.2 Å². The lowest BCUT2D eigenvalue weighted by Gasteiger charge is -2.33. The summed E-state index contributed by atoms with van der Waals surface area (Å²) in [7, 11) is 0. The van der Waals surface area contributed by atoms with Gasteiger partial charge in [0.1, 0.15) is 24.5 Å². The topological polar surface area (TPSA) is 216 Å². The molecule has 2 aromatic rings. The fraction of sp³-hybridized carbons (Fsp3) is 0.478. The highest BCUT2D eigenvalue weighted by molar-refractivity contribution is 5.92. The van der Waals surface area contributed by atoms with Crippen LogP contribution in [0.5, 0.6) is 0 Å². The molecule has 1 heterocycles. The second kappa shape index (κ2) is 13.1. The summed E-state index contributed by atoms with van der Waals surface area (Å²) in [4.78, 5) is 48.9. The minimum atomic E-state index is -1.83. The second-order valence-corrected chi connectivity index (χ2v) is 8.37. The lowest BCUT2D eigenvalue weighted by molar-refractivity contribution is -0.168. The van der Waals surface area contributed by atoms with Gasteiger partial charge in [0, 0.05) is 24.5 Å². The fourth-order valence-electron chi connectivity index (χ4n) is 3.62. The molecule has 36 heavy (non-hydrogen) atoms. The molecule has 0 fully saturated rings. The third-order valence-corrected chi connectivity index (χ3v) is 5.28. The first-order chi connectivity index (χ1) is 17.0. The number of esters is 1. The van der Waals surface area contributed by atoms with Gasteiger partial charge in [-0.25, -0.2) is 4.79 Å². The van der Waals surface area contributed by atoms with Crippen molar-refractivity contribution in [2.24, 2.45) is 11.5 Å². The Hall–Kier alpha value is -3.36. The van der Waals surface area contributed by atoms with Crippen molar-refractivity contribution in [2.75, 3.05) is 13.2 Å². The van der Waals surface area contributed by atoms with Gasteiger partial charge >= 0.3 is 12.1 Å². The number of hydrogen-bond donors (Lipinski definition) is 6. The first kappa shape index (κ1) is 28.9. The van der Waals surface area contributed by atoms with Crippen LogP contribution in [0.15, 0.2) is 30.5 Å². The van der Waals surface area contributed by atoms with Crippen molar-refractivity contribution >= 4 is 35.2 Å². The van der Waals surface area contributed by atoms with Gasteiger partial charge in [-0.05, 0) is 25.0 Å². The van der Waals surface area contributed by atoms with E-state index in [0.717, 1.165) is 22.4 Å². The van der Waals surface area contributed by atoms with Crippen LogP contribution >= 0.6 is 0 Å². The van der Waals surface area contributed by atoms with E-state index in [9.17, 15) is 29.4 Å². The number of amides is 1. The zero-order valence-corrected chi connectivity index (χ0v) is 19.9. The maximum Gasteiger partial charge on any atom is 0.418 e. The third-order valence-electron chi connectivity index (χ3n) is 5.28. The average molecular weight is 509 g/mol. The SMILES string of the molecule is CC(=O)N[C@@H](C=O)[C@@H](OC(=O)[C@@H](N)CO)[C@H](OC(=O)n1cc(C[C@@H](C)N)c2ccccc21)[C@H](O)CO. The van der Waals surface area contributed by atoms with Gasteiger partial charge in [-0.2, -0.15) is 0 Å². The van der Waals surface area contributed by atoms with Crippen molar-refractivity contribution < 1.29 is 44.0 Å². The number of carbonyl (C=O) groups is 4. The molecule has 0 unspecified atom stereocenters. The summed E-state index contributed by atoms with van der Waals surface area (Å²) in [6.07, 6.45) is -4.32. The van der Waals surface area contributed by atoms with E-state index < -0.39 is 61.6 Å². The number of hydrogen-bond acceptors (Lipinski definition) is 11. The van der Waals surface area contributed by atoms with E-state index in [1.807, 2.05) is 0 Å². The van der Waals surface area contributed by atoms with Crippen LogP contribution in [0.3, 0.4) is 0 Å². The van der Waals surface area contributed by atoms with Crippen molar-refractivity contribution in [3.63, 3.8) is 0 Å². The fourth-order valence-corrected chi connectivity index (χ4v) is 3.62. The summed E-state index contributed by atoms with van der Waals surface area (Å²) in [5.74, 6) is -1.89. The number of carbonyl (C=O) groups excluding carboxylic acids is 4. The molecule has 0 aliphatic carbocycles. The molecule has 0 saturated carbocycles. The Bertz CT molecular complexity index is 1070. The van der Waals surface area contributed by atoms with Crippen LogP contribution in [-0.2, 0) is 30.3 Å². The van der Waals surface area contributed by atoms with Crippen molar-refractivity contribution in [1.82, 2.24) is 9.88 Å². The largest absolute Gasteiger partial charge is 0.454 e. The lowest BCUT2D eigenvalue weighted by atomic mass is 10.0. The van der Waals surface area contributed by atoms with Gasteiger partial charge in [-0.3, -0.25) is 14.2 Å². The molecule has 1 aromatic carbocycles. The maximum atomic E-state index is 13.2. The van der Waals surface area contributed by atoms with Gasteiger partial charge in [0.25, 0.3) is 0 Å². The number of aliphatic hydroxyl groups excluding tert-OH is 3. The van der Waals surface area contributed by atoms with Crippen molar-refractivity contribution in [2.45, 2.75) is 56.7 Å². The van der Waals surface area contributed by atoms with E-state index in [0.29, 0.717) is 11.9 Å². The standard InChI is InChI=1S/C23H32N4O9/c1-12(24)7-14-8-27(18-6-4-3-5-15(14)18)23(34)36-21(19(32)11-30)20(17(10-29)26-13(2)31)35-22(33)16(25)9-28/h3-6,8,10,12,16-17,19-21,28,30,32H,7,9,11,24-25H2,1-2H3,(H,26,31)/t12-,16+,17+,19-,20-,21-/m1/s1. The normalized spacial score (nSPS) is 16.3. The minimum Gasteiger partial charge on any atom is -0.454 e.